The highest BCUT2D eigenvalue weighted by atomic mass is 35.5. The monoisotopic (exact) mass is 740 g/mol. The Morgan fingerprint density at radius 3 is 0.816 bits per heavy atom. The van der Waals surface area contributed by atoms with Gasteiger partial charge in [0.25, 0.3) is 0 Å². The number of halogens is 2. The second-order valence-corrected chi connectivity index (χ2v) is 13.0. The minimum atomic E-state index is -0.699. The van der Waals surface area contributed by atoms with Crippen molar-refractivity contribution in [3.05, 3.63) is 0 Å². The van der Waals surface area contributed by atoms with E-state index in [1.807, 2.05) is 0 Å². The Morgan fingerprint density at radius 2 is 0.551 bits per heavy atom. The fourth-order valence-corrected chi connectivity index (χ4v) is 5.60. The molecule has 0 spiro atoms. The van der Waals surface area contributed by atoms with Crippen LogP contribution in [0.5, 0.6) is 0 Å². The van der Waals surface area contributed by atoms with Crippen molar-refractivity contribution in [3.8, 4) is 0 Å². The maximum absolute atomic E-state index is 11.9. The molecule has 0 aliphatic rings. The van der Waals surface area contributed by atoms with E-state index in [-0.39, 0.29) is 30.9 Å². The minimum absolute atomic E-state index is 0.177. The summed E-state index contributed by atoms with van der Waals surface area (Å²) in [4.78, 5) is 45.8. The Morgan fingerprint density at radius 1 is 0.306 bits per heavy atom. The molecule has 0 amide bonds. The molecule has 0 aromatic rings. The zero-order valence-electron chi connectivity index (χ0n) is 30.2. The van der Waals surface area contributed by atoms with Crippen LogP contribution in [0.3, 0.4) is 0 Å². The number of alkyl halides is 2. The molecular formula is C37H66Cl2O10. The predicted molar refractivity (Wildman–Crippen MR) is 193 cm³/mol. The van der Waals surface area contributed by atoms with Crippen LogP contribution >= 0.6 is 23.2 Å². The van der Waals surface area contributed by atoms with Gasteiger partial charge in [-0.05, 0) is 25.7 Å². The summed E-state index contributed by atoms with van der Waals surface area (Å²) in [5, 5.41) is 0. The summed E-state index contributed by atoms with van der Waals surface area (Å²) in [6.45, 7) is 0.493. The molecule has 0 N–H and O–H groups in total. The Hall–Kier alpha value is -1.94. The topological polar surface area (TPSA) is 124 Å². The third-order valence-corrected chi connectivity index (χ3v) is 8.49. The summed E-state index contributed by atoms with van der Waals surface area (Å²) in [5.41, 5.74) is 0. The minimum Gasteiger partial charge on any atom is -0.434 e. The summed E-state index contributed by atoms with van der Waals surface area (Å²) in [7, 11) is 0. The molecule has 10 nitrogen and oxygen atoms in total. The van der Waals surface area contributed by atoms with Gasteiger partial charge in [0.2, 0.25) is 6.79 Å². The molecule has 0 aliphatic carbocycles. The van der Waals surface area contributed by atoms with Gasteiger partial charge in [-0.3, -0.25) is 9.59 Å². The average molecular weight is 742 g/mol. The molecule has 0 saturated carbocycles. The molecule has 49 heavy (non-hydrogen) atoms. The molecule has 0 radical (unpaired) electrons. The fraction of sp³-hybridized carbons (Fsp3) is 0.892. The third kappa shape index (κ3) is 38.7. The molecular weight excluding hydrogens is 675 g/mol. The molecule has 12 heteroatoms. The van der Waals surface area contributed by atoms with E-state index >= 15 is 0 Å². The summed E-state index contributed by atoms with van der Waals surface area (Å²) in [5.74, 6) is -0.605. The smallest absolute Gasteiger partial charge is 0.434 e. The summed E-state index contributed by atoms with van der Waals surface area (Å²) in [6.07, 6.45) is 28.7. The lowest BCUT2D eigenvalue weighted by atomic mass is 10.0. The van der Waals surface area contributed by atoms with Crippen LogP contribution in [0, 0.1) is 0 Å². The van der Waals surface area contributed by atoms with E-state index in [0.29, 0.717) is 26.1 Å². The Balaban J connectivity index is 3.29. The van der Waals surface area contributed by atoms with Gasteiger partial charge in [-0.1, -0.05) is 164 Å². The standard InChI is InChI=1S/C37H66Cl2O10/c38-31-46-36(42)44-29-25-21-17-13-9-5-1-3-7-11-15-19-23-27-34(40)48-33-49-35(41)28-24-20-16-12-8-4-2-6-10-14-18-22-26-30-45-37(43)47-32-39/h1-33H2. The van der Waals surface area contributed by atoms with Crippen molar-refractivity contribution in [2.24, 2.45) is 0 Å². The van der Waals surface area contributed by atoms with Gasteiger partial charge in [0.1, 0.15) is 0 Å². The largest absolute Gasteiger partial charge is 0.509 e. The van der Waals surface area contributed by atoms with Crippen LogP contribution in [-0.2, 0) is 38.0 Å². The summed E-state index contributed by atoms with van der Waals surface area (Å²) >= 11 is 10.6. The lowest BCUT2D eigenvalue weighted by Crippen LogP contribution is -2.12. The number of unbranched alkanes of at least 4 members (excludes halogenated alkanes) is 24. The molecule has 0 unspecified atom stereocenters. The summed E-state index contributed by atoms with van der Waals surface area (Å²) in [6, 6.07) is -0.355. The van der Waals surface area contributed by atoms with Crippen molar-refractivity contribution >= 4 is 47.5 Å². The molecule has 0 saturated heterocycles. The lowest BCUT2D eigenvalue weighted by Gasteiger charge is -2.07. The van der Waals surface area contributed by atoms with Crippen molar-refractivity contribution in [1.29, 1.82) is 0 Å². The number of hydrogen-bond acceptors (Lipinski definition) is 10. The quantitative estimate of drug-likeness (QED) is 0.0201. The SMILES string of the molecule is O=C(CCCCCCCCCCCCCCCOC(=O)OCCl)OCOC(=O)CCCCCCCCCCCCCCCOC(=O)OCCl. The van der Waals surface area contributed by atoms with Crippen LogP contribution in [0.2, 0.25) is 0 Å². The van der Waals surface area contributed by atoms with Gasteiger partial charge < -0.3 is 28.4 Å². The molecule has 0 bridgehead atoms. The number of hydrogen-bond donors (Lipinski definition) is 0. The van der Waals surface area contributed by atoms with E-state index in [0.717, 1.165) is 77.0 Å². The Kier molecular flexibility index (Phi) is 37.3. The second kappa shape index (κ2) is 38.9. The van der Waals surface area contributed by atoms with Gasteiger partial charge in [0.05, 0.1) is 13.2 Å². The van der Waals surface area contributed by atoms with Gasteiger partial charge in [0.15, 0.2) is 12.1 Å². The fourth-order valence-electron chi connectivity index (χ4n) is 5.42. The normalized spacial score (nSPS) is 10.8. The Bertz CT molecular complexity index is 722. The first kappa shape index (κ1) is 47.1. The highest BCUT2D eigenvalue weighted by Gasteiger charge is 2.07. The van der Waals surface area contributed by atoms with Gasteiger partial charge >= 0.3 is 24.2 Å². The molecule has 288 valence electrons. The van der Waals surface area contributed by atoms with Crippen molar-refractivity contribution in [2.75, 3.05) is 32.1 Å². The highest BCUT2D eigenvalue weighted by Crippen LogP contribution is 2.15. The van der Waals surface area contributed by atoms with Gasteiger partial charge in [-0.2, -0.15) is 0 Å². The molecule has 0 heterocycles. The highest BCUT2D eigenvalue weighted by molar-refractivity contribution is 6.17. The number of carbonyl (C=O) groups excluding carboxylic acids is 4. The average Bonchev–Trinajstić information content (AvgIpc) is 3.08. The predicted octanol–water partition coefficient (Wildman–Crippen LogP) is 11.7. The van der Waals surface area contributed by atoms with E-state index in [4.69, 9.17) is 42.1 Å². The van der Waals surface area contributed by atoms with Crippen LogP contribution in [0.15, 0.2) is 0 Å². The number of esters is 2. The molecule has 0 rings (SSSR count). The second-order valence-electron chi connectivity index (χ2n) is 12.5. The summed E-state index contributed by atoms with van der Waals surface area (Å²) < 4.78 is 28.9. The van der Waals surface area contributed by atoms with E-state index in [1.54, 1.807) is 0 Å². The zero-order chi connectivity index (χ0) is 35.9. The number of carbonyl (C=O) groups is 4. The first-order valence-electron chi connectivity index (χ1n) is 19.0. The van der Waals surface area contributed by atoms with E-state index in [9.17, 15) is 19.2 Å². The maximum atomic E-state index is 11.9. The molecule has 0 aromatic carbocycles. The van der Waals surface area contributed by atoms with Crippen molar-refractivity contribution in [3.63, 3.8) is 0 Å². The molecule has 0 aliphatic heterocycles. The first-order valence-corrected chi connectivity index (χ1v) is 20.1. The maximum Gasteiger partial charge on any atom is 0.509 e. The van der Waals surface area contributed by atoms with Crippen LogP contribution in [-0.4, -0.2) is 56.4 Å². The Labute approximate surface area is 306 Å². The number of rotatable bonds is 36. The van der Waals surface area contributed by atoms with E-state index in [1.165, 1.54) is 89.9 Å². The molecule has 0 aromatic heterocycles. The van der Waals surface area contributed by atoms with Crippen molar-refractivity contribution in [1.82, 2.24) is 0 Å². The van der Waals surface area contributed by atoms with Crippen LogP contribution in [0.25, 0.3) is 0 Å². The van der Waals surface area contributed by atoms with E-state index in [2.05, 4.69) is 9.47 Å². The first-order chi connectivity index (χ1) is 24.0. The molecule has 0 fully saturated rings. The third-order valence-electron chi connectivity index (χ3n) is 8.27. The van der Waals surface area contributed by atoms with E-state index < -0.39 is 12.3 Å². The van der Waals surface area contributed by atoms with Crippen molar-refractivity contribution in [2.45, 2.75) is 180 Å². The molecule has 0 atom stereocenters. The van der Waals surface area contributed by atoms with Gasteiger partial charge in [-0.15, -0.1) is 0 Å². The number of ether oxygens (including phenoxy) is 6. The van der Waals surface area contributed by atoms with Crippen LogP contribution < -0.4 is 0 Å². The van der Waals surface area contributed by atoms with Crippen LogP contribution in [0.4, 0.5) is 9.59 Å². The van der Waals surface area contributed by atoms with Crippen LogP contribution in [0.1, 0.15) is 180 Å². The zero-order valence-corrected chi connectivity index (χ0v) is 31.7. The van der Waals surface area contributed by atoms with Gasteiger partial charge in [0, 0.05) is 12.8 Å². The lowest BCUT2D eigenvalue weighted by molar-refractivity contribution is -0.167. The van der Waals surface area contributed by atoms with Crippen molar-refractivity contribution < 1.29 is 47.6 Å². The van der Waals surface area contributed by atoms with Gasteiger partial charge in [-0.25, -0.2) is 9.59 Å².